The monoisotopic (exact) mass is 460 g/mol. The molecule has 4 rings (SSSR count). The van der Waals surface area contributed by atoms with Crippen LogP contribution in [0, 0.1) is 5.82 Å². The van der Waals surface area contributed by atoms with E-state index in [1.54, 1.807) is 24.4 Å². The molecular formula is C23H25FN2O5S. The first-order chi connectivity index (χ1) is 15.2. The minimum atomic E-state index is -3.72. The van der Waals surface area contributed by atoms with Gasteiger partial charge < -0.3 is 14.4 Å². The van der Waals surface area contributed by atoms with Crippen LogP contribution in [0.4, 0.5) is 4.39 Å². The number of aromatic nitrogens is 1. The second-order valence-electron chi connectivity index (χ2n) is 8.23. The van der Waals surface area contributed by atoms with Crippen LogP contribution in [0.1, 0.15) is 31.7 Å². The fourth-order valence-corrected chi connectivity index (χ4v) is 5.74. The summed E-state index contributed by atoms with van der Waals surface area (Å²) in [6.07, 6.45) is 2.15. The maximum absolute atomic E-state index is 14.7. The highest BCUT2D eigenvalue weighted by atomic mass is 32.2. The van der Waals surface area contributed by atoms with Crippen molar-refractivity contribution in [3.8, 4) is 5.75 Å². The van der Waals surface area contributed by atoms with Gasteiger partial charge in [-0.25, -0.2) is 12.8 Å². The first-order valence-corrected chi connectivity index (χ1v) is 11.9. The first kappa shape index (κ1) is 22.3. The highest BCUT2D eigenvalue weighted by Gasteiger charge is 2.35. The molecule has 2 aromatic carbocycles. The molecule has 0 radical (unpaired) electrons. The second kappa shape index (κ2) is 8.55. The summed E-state index contributed by atoms with van der Waals surface area (Å²) < 4.78 is 49.5. The molecule has 1 N–H and O–H groups in total. The van der Waals surface area contributed by atoms with E-state index in [2.05, 4.69) is 0 Å². The number of halogens is 1. The number of hydrogen-bond acceptors (Lipinski definition) is 4. The molecule has 1 unspecified atom stereocenters. The zero-order valence-electron chi connectivity index (χ0n) is 17.9. The number of benzene rings is 2. The van der Waals surface area contributed by atoms with Gasteiger partial charge in [-0.1, -0.05) is 6.07 Å². The number of hydrogen-bond donors (Lipinski definition) is 1. The van der Waals surface area contributed by atoms with E-state index in [9.17, 15) is 22.7 Å². The molecule has 1 saturated heterocycles. The third kappa shape index (κ3) is 4.22. The topological polar surface area (TPSA) is 88.8 Å². The molecular weight excluding hydrogens is 435 g/mol. The quantitative estimate of drug-likeness (QED) is 0.579. The van der Waals surface area contributed by atoms with Crippen molar-refractivity contribution in [2.24, 2.45) is 0 Å². The summed E-state index contributed by atoms with van der Waals surface area (Å²) >= 11 is 0. The number of nitrogens with zero attached hydrogens (tertiary/aromatic N) is 2. The highest BCUT2D eigenvalue weighted by molar-refractivity contribution is 7.89. The Bertz CT molecular complexity index is 1250. The summed E-state index contributed by atoms with van der Waals surface area (Å²) in [7, 11) is -3.72. The van der Waals surface area contributed by atoms with Gasteiger partial charge in [-0.2, -0.15) is 4.31 Å². The molecule has 1 aromatic heterocycles. The van der Waals surface area contributed by atoms with E-state index in [4.69, 9.17) is 4.74 Å². The van der Waals surface area contributed by atoms with Crippen LogP contribution in [0.2, 0.25) is 0 Å². The van der Waals surface area contributed by atoms with Crippen LogP contribution in [0.3, 0.4) is 0 Å². The van der Waals surface area contributed by atoms with Gasteiger partial charge in [-0.15, -0.1) is 0 Å². The number of aliphatic carboxylic acids is 1. The van der Waals surface area contributed by atoms with Gasteiger partial charge in [0.1, 0.15) is 18.1 Å². The standard InChI is InChI=1S/C23H25FN2O5S/c1-15(2)31-17-6-8-18(9-7-17)32(29,30)26-11-10-16(12-26)19-13-25(14-22(27)28)21-5-3-4-20(24)23(19)21/h3-9,13,15-16H,10-12,14H2,1-2H3,(H,27,28). The minimum absolute atomic E-state index is 0.0135. The van der Waals surface area contributed by atoms with Gasteiger partial charge in [0, 0.05) is 30.6 Å². The van der Waals surface area contributed by atoms with Crippen molar-refractivity contribution in [3.05, 3.63) is 60.0 Å². The Balaban J connectivity index is 1.61. The summed E-state index contributed by atoms with van der Waals surface area (Å²) in [5, 5.41) is 9.56. The summed E-state index contributed by atoms with van der Waals surface area (Å²) in [5.74, 6) is -1.11. The average molecular weight is 461 g/mol. The van der Waals surface area contributed by atoms with Crippen LogP contribution < -0.4 is 4.74 Å². The number of ether oxygens (including phenoxy) is 1. The Kier molecular flexibility index (Phi) is 5.96. The third-order valence-electron chi connectivity index (χ3n) is 5.61. The van der Waals surface area contributed by atoms with Gasteiger partial charge in [0.25, 0.3) is 0 Å². The van der Waals surface area contributed by atoms with Crippen LogP contribution in [0.25, 0.3) is 10.9 Å². The lowest BCUT2D eigenvalue weighted by atomic mass is 9.98. The molecule has 7 nitrogen and oxygen atoms in total. The lowest BCUT2D eigenvalue weighted by Gasteiger charge is -2.17. The van der Waals surface area contributed by atoms with Crippen molar-refractivity contribution in [1.29, 1.82) is 0 Å². The van der Waals surface area contributed by atoms with Gasteiger partial charge in [0.05, 0.1) is 16.5 Å². The Morgan fingerprint density at radius 2 is 1.94 bits per heavy atom. The van der Waals surface area contributed by atoms with E-state index in [-0.39, 0.29) is 30.0 Å². The molecule has 0 aliphatic carbocycles. The van der Waals surface area contributed by atoms with E-state index >= 15 is 0 Å². The molecule has 0 spiro atoms. The smallest absolute Gasteiger partial charge is 0.323 e. The Hall–Kier alpha value is -2.91. The fraction of sp³-hybridized carbons (Fsp3) is 0.348. The average Bonchev–Trinajstić information content (AvgIpc) is 3.34. The molecule has 1 fully saturated rings. The Morgan fingerprint density at radius 3 is 2.59 bits per heavy atom. The Labute approximate surface area is 186 Å². The third-order valence-corrected chi connectivity index (χ3v) is 7.49. The molecule has 0 saturated carbocycles. The van der Waals surface area contributed by atoms with Crippen LogP contribution in [-0.4, -0.2) is 47.6 Å². The summed E-state index contributed by atoms with van der Waals surface area (Å²) in [6.45, 7) is 4.00. The molecule has 0 bridgehead atoms. The number of sulfonamides is 1. The second-order valence-corrected chi connectivity index (χ2v) is 10.2. The van der Waals surface area contributed by atoms with Crippen molar-refractivity contribution in [1.82, 2.24) is 8.87 Å². The van der Waals surface area contributed by atoms with E-state index in [1.165, 1.54) is 33.1 Å². The number of rotatable bonds is 7. The van der Waals surface area contributed by atoms with Crippen molar-refractivity contribution < 1.29 is 27.4 Å². The van der Waals surface area contributed by atoms with Gasteiger partial charge in [0.15, 0.2) is 0 Å². The lowest BCUT2D eigenvalue weighted by Crippen LogP contribution is -2.28. The van der Waals surface area contributed by atoms with Crippen LogP contribution in [0.15, 0.2) is 53.6 Å². The fourth-order valence-electron chi connectivity index (χ4n) is 4.24. The van der Waals surface area contributed by atoms with Gasteiger partial charge in [-0.3, -0.25) is 4.79 Å². The maximum Gasteiger partial charge on any atom is 0.323 e. The van der Waals surface area contributed by atoms with Crippen LogP contribution in [0.5, 0.6) is 5.75 Å². The Morgan fingerprint density at radius 1 is 1.22 bits per heavy atom. The van der Waals surface area contributed by atoms with Crippen LogP contribution in [-0.2, 0) is 21.4 Å². The number of carboxylic acids is 1. The van der Waals surface area contributed by atoms with E-state index in [0.29, 0.717) is 35.2 Å². The first-order valence-electron chi connectivity index (χ1n) is 10.4. The predicted molar refractivity (Wildman–Crippen MR) is 118 cm³/mol. The predicted octanol–water partition coefficient (Wildman–Crippen LogP) is 3.83. The lowest BCUT2D eigenvalue weighted by molar-refractivity contribution is -0.137. The zero-order chi connectivity index (χ0) is 23.0. The van der Waals surface area contributed by atoms with Crippen LogP contribution >= 0.6 is 0 Å². The summed E-state index contributed by atoms with van der Waals surface area (Å²) in [4.78, 5) is 11.4. The molecule has 3 aromatic rings. The number of fused-ring (bicyclic) bond motifs is 1. The molecule has 1 aliphatic heterocycles. The molecule has 2 heterocycles. The van der Waals surface area contributed by atoms with Gasteiger partial charge in [-0.05, 0) is 62.2 Å². The molecule has 170 valence electrons. The molecule has 1 atom stereocenters. The summed E-state index contributed by atoms with van der Waals surface area (Å²) in [6, 6.07) is 10.9. The van der Waals surface area contributed by atoms with E-state index in [0.717, 1.165) is 0 Å². The highest BCUT2D eigenvalue weighted by Crippen LogP contribution is 2.37. The van der Waals surface area contributed by atoms with Crippen molar-refractivity contribution in [3.63, 3.8) is 0 Å². The van der Waals surface area contributed by atoms with E-state index in [1.807, 2.05) is 13.8 Å². The maximum atomic E-state index is 14.7. The molecule has 32 heavy (non-hydrogen) atoms. The van der Waals surface area contributed by atoms with Gasteiger partial charge >= 0.3 is 5.97 Å². The largest absolute Gasteiger partial charge is 0.491 e. The molecule has 0 amide bonds. The summed E-state index contributed by atoms with van der Waals surface area (Å²) in [5.41, 5.74) is 1.13. The van der Waals surface area contributed by atoms with E-state index < -0.39 is 21.8 Å². The SMILES string of the molecule is CC(C)Oc1ccc(S(=O)(=O)N2CCC(c3cn(CC(=O)O)c4cccc(F)c34)C2)cc1. The number of carboxylic acid groups (broad SMARTS) is 1. The van der Waals surface area contributed by atoms with Crippen molar-refractivity contribution in [2.45, 2.75) is 43.7 Å². The van der Waals surface area contributed by atoms with Crippen molar-refractivity contribution >= 4 is 26.9 Å². The number of carbonyl (C=O) groups is 1. The zero-order valence-corrected chi connectivity index (χ0v) is 18.7. The molecule has 1 aliphatic rings. The van der Waals surface area contributed by atoms with Crippen molar-refractivity contribution in [2.75, 3.05) is 13.1 Å². The normalized spacial score (nSPS) is 17.3. The minimum Gasteiger partial charge on any atom is -0.491 e. The molecule has 9 heteroatoms. The van der Waals surface area contributed by atoms with Gasteiger partial charge in [0.2, 0.25) is 10.0 Å².